The second kappa shape index (κ2) is 5.10. The van der Waals surface area contributed by atoms with E-state index < -0.39 is 0 Å². The summed E-state index contributed by atoms with van der Waals surface area (Å²) in [7, 11) is 0. The molecule has 2 N–H and O–H groups in total. The number of H-pyrrole nitrogens is 1. The van der Waals surface area contributed by atoms with Gasteiger partial charge in [-0.3, -0.25) is 4.79 Å². The van der Waals surface area contributed by atoms with Crippen LogP contribution in [-0.2, 0) is 0 Å². The third-order valence-electron chi connectivity index (χ3n) is 3.17. The third kappa shape index (κ3) is 2.35. The average molecular weight is 276 g/mol. The molecule has 0 saturated heterocycles. The number of hydrogen-bond acceptors (Lipinski definition) is 3. The summed E-state index contributed by atoms with van der Waals surface area (Å²) in [4.78, 5) is 19.9. The number of aromatic nitrogens is 2. The number of amides is 1. The fourth-order valence-corrected chi connectivity index (χ4v) is 2.22. The van der Waals surface area contributed by atoms with Crippen LogP contribution in [-0.4, -0.2) is 15.9 Å². The Bertz CT molecular complexity index is 873. The Morgan fingerprint density at radius 1 is 1.24 bits per heavy atom. The number of aromatic amines is 1. The summed E-state index contributed by atoms with van der Waals surface area (Å²) in [6.45, 7) is 1.84. The Hall–Kier alpha value is -3.13. The van der Waals surface area contributed by atoms with E-state index in [-0.39, 0.29) is 5.91 Å². The highest BCUT2D eigenvalue weighted by Gasteiger charge is 2.14. The van der Waals surface area contributed by atoms with E-state index in [2.05, 4.69) is 21.4 Å². The summed E-state index contributed by atoms with van der Waals surface area (Å²) in [5.41, 5.74) is 2.84. The molecule has 0 aliphatic heterocycles. The molecule has 102 valence electrons. The Kier molecular flexibility index (Phi) is 3.13. The smallest absolute Gasteiger partial charge is 0.257 e. The number of rotatable bonds is 2. The molecule has 0 bridgehead atoms. The Labute approximate surface area is 121 Å². The first-order chi connectivity index (χ1) is 10.2. The van der Waals surface area contributed by atoms with E-state index in [4.69, 9.17) is 5.26 Å². The Balaban J connectivity index is 2.00. The molecule has 5 heteroatoms. The highest BCUT2D eigenvalue weighted by Crippen LogP contribution is 2.19. The monoisotopic (exact) mass is 276 g/mol. The molecule has 0 atom stereocenters. The van der Waals surface area contributed by atoms with Gasteiger partial charge in [0.05, 0.1) is 22.3 Å². The van der Waals surface area contributed by atoms with Gasteiger partial charge < -0.3 is 10.3 Å². The van der Waals surface area contributed by atoms with Crippen LogP contribution in [0.4, 0.5) is 5.69 Å². The topological polar surface area (TPSA) is 81.6 Å². The molecule has 0 unspecified atom stereocenters. The molecule has 1 aromatic heterocycles. The van der Waals surface area contributed by atoms with E-state index >= 15 is 0 Å². The summed E-state index contributed by atoms with van der Waals surface area (Å²) < 4.78 is 0. The van der Waals surface area contributed by atoms with Crippen molar-refractivity contribution in [2.75, 3.05) is 5.32 Å². The van der Waals surface area contributed by atoms with Crippen molar-refractivity contribution in [3.63, 3.8) is 0 Å². The van der Waals surface area contributed by atoms with E-state index in [9.17, 15) is 4.79 Å². The molecule has 0 radical (unpaired) electrons. The molecule has 21 heavy (non-hydrogen) atoms. The van der Waals surface area contributed by atoms with E-state index in [1.54, 1.807) is 36.4 Å². The van der Waals surface area contributed by atoms with Crippen molar-refractivity contribution in [2.45, 2.75) is 6.92 Å². The first kappa shape index (κ1) is 12.9. The number of para-hydroxylation sites is 2. The number of hydrogen-bond donors (Lipinski definition) is 2. The SMILES string of the molecule is Cc1nc2c(C(=O)Nc3ccccc3C#N)cccc2[nH]1. The quantitative estimate of drug-likeness (QED) is 0.754. The maximum Gasteiger partial charge on any atom is 0.257 e. The fourth-order valence-electron chi connectivity index (χ4n) is 2.22. The Morgan fingerprint density at radius 3 is 2.86 bits per heavy atom. The van der Waals surface area contributed by atoms with Crippen molar-refractivity contribution in [1.29, 1.82) is 5.26 Å². The average Bonchev–Trinajstić information content (AvgIpc) is 2.87. The number of nitrogens with zero attached hydrogens (tertiary/aromatic N) is 2. The molecule has 1 heterocycles. The van der Waals surface area contributed by atoms with Gasteiger partial charge in [0.1, 0.15) is 17.4 Å². The number of imidazole rings is 1. The predicted octanol–water partition coefficient (Wildman–Crippen LogP) is 3.00. The molecule has 0 aliphatic carbocycles. The standard InChI is InChI=1S/C16H12N4O/c1-10-18-14-8-4-6-12(15(14)19-10)16(21)20-13-7-3-2-5-11(13)9-17/h2-8H,1H3,(H,18,19)(H,20,21). The lowest BCUT2D eigenvalue weighted by molar-refractivity contribution is 0.102. The van der Waals surface area contributed by atoms with Crippen LogP contribution in [0.1, 0.15) is 21.7 Å². The predicted molar refractivity (Wildman–Crippen MR) is 79.9 cm³/mol. The van der Waals surface area contributed by atoms with Crippen molar-refractivity contribution in [2.24, 2.45) is 0 Å². The summed E-state index contributed by atoms with van der Waals surface area (Å²) in [6, 6.07) is 14.3. The molecule has 3 rings (SSSR count). The second-order valence-corrected chi connectivity index (χ2v) is 4.64. The van der Waals surface area contributed by atoms with Crippen LogP contribution in [0.2, 0.25) is 0 Å². The lowest BCUT2D eigenvalue weighted by Crippen LogP contribution is -2.13. The zero-order valence-corrected chi connectivity index (χ0v) is 11.3. The molecule has 0 saturated carbocycles. The van der Waals surface area contributed by atoms with Gasteiger partial charge in [-0.05, 0) is 31.2 Å². The van der Waals surface area contributed by atoms with Crippen LogP contribution in [0.25, 0.3) is 11.0 Å². The lowest BCUT2D eigenvalue weighted by atomic mass is 10.1. The number of nitrogens with one attached hydrogen (secondary N) is 2. The third-order valence-corrected chi connectivity index (χ3v) is 3.17. The van der Waals surface area contributed by atoms with Crippen LogP contribution >= 0.6 is 0 Å². The second-order valence-electron chi connectivity index (χ2n) is 4.64. The van der Waals surface area contributed by atoms with Gasteiger partial charge in [-0.25, -0.2) is 4.98 Å². The summed E-state index contributed by atoms with van der Waals surface area (Å²) in [5.74, 6) is 0.470. The highest BCUT2D eigenvalue weighted by atomic mass is 16.1. The number of carbonyl (C=O) groups excluding carboxylic acids is 1. The summed E-state index contributed by atoms with van der Waals surface area (Å²) >= 11 is 0. The van der Waals surface area contributed by atoms with E-state index in [0.717, 1.165) is 11.3 Å². The largest absolute Gasteiger partial charge is 0.342 e. The molecule has 5 nitrogen and oxygen atoms in total. The summed E-state index contributed by atoms with van der Waals surface area (Å²) in [6.07, 6.45) is 0. The zero-order chi connectivity index (χ0) is 14.8. The van der Waals surface area contributed by atoms with Crippen LogP contribution in [0, 0.1) is 18.3 Å². The zero-order valence-electron chi connectivity index (χ0n) is 11.3. The fraction of sp³-hybridized carbons (Fsp3) is 0.0625. The first-order valence-electron chi connectivity index (χ1n) is 6.45. The van der Waals surface area contributed by atoms with Crippen LogP contribution in [0.3, 0.4) is 0 Å². The molecule has 2 aromatic carbocycles. The van der Waals surface area contributed by atoms with E-state index in [1.165, 1.54) is 0 Å². The minimum Gasteiger partial charge on any atom is -0.342 e. The lowest BCUT2D eigenvalue weighted by Gasteiger charge is -2.07. The molecule has 1 amide bonds. The molecular weight excluding hydrogens is 264 g/mol. The molecule has 0 spiro atoms. The van der Waals surface area contributed by atoms with Gasteiger partial charge >= 0.3 is 0 Å². The van der Waals surface area contributed by atoms with Gasteiger partial charge in [-0.1, -0.05) is 18.2 Å². The molecule has 3 aromatic rings. The molecular formula is C16H12N4O. The van der Waals surface area contributed by atoms with Crippen molar-refractivity contribution in [3.8, 4) is 6.07 Å². The van der Waals surface area contributed by atoms with Gasteiger partial charge in [0.2, 0.25) is 0 Å². The van der Waals surface area contributed by atoms with E-state index in [0.29, 0.717) is 22.3 Å². The molecule has 0 aliphatic rings. The van der Waals surface area contributed by atoms with Crippen LogP contribution < -0.4 is 5.32 Å². The summed E-state index contributed by atoms with van der Waals surface area (Å²) in [5, 5.41) is 11.8. The minimum absolute atomic E-state index is 0.283. The van der Waals surface area contributed by atoms with Crippen molar-refractivity contribution < 1.29 is 4.79 Å². The number of nitriles is 1. The van der Waals surface area contributed by atoms with Gasteiger partial charge in [0.15, 0.2) is 0 Å². The van der Waals surface area contributed by atoms with Crippen molar-refractivity contribution in [3.05, 3.63) is 59.4 Å². The number of anilines is 1. The van der Waals surface area contributed by atoms with Crippen molar-refractivity contribution >= 4 is 22.6 Å². The highest BCUT2D eigenvalue weighted by molar-refractivity contribution is 6.11. The number of carbonyl (C=O) groups is 1. The Morgan fingerprint density at radius 2 is 2.05 bits per heavy atom. The number of fused-ring (bicyclic) bond motifs is 1. The maximum atomic E-state index is 12.4. The normalized spacial score (nSPS) is 10.3. The molecule has 0 fully saturated rings. The van der Waals surface area contributed by atoms with Gasteiger partial charge in [-0.15, -0.1) is 0 Å². The minimum atomic E-state index is -0.283. The van der Waals surface area contributed by atoms with Gasteiger partial charge in [0.25, 0.3) is 5.91 Å². The number of benzene rings is 2. The van der Waals surface area contributed by atoms with Crippen molar-refractivity contribution in [1.82, 2.24) is 9.97 Å². The van der Waals surface area contributed by atoms with Gasteiger partial charge in [-0.2, -0.15) is 5.26 Å². The first-order valence-corrected chi connectivity index (χ1v) is 6.45. The van der Waals surface area contributed by atoms with Gasteiger partial charge in [0, 0.05) is 0 Å². The number of aryl methyl sites for hydroxylation is 1. The van der Waals surface area contributed by atoms with Crippen LogP contribution in [0.5, 0.6) is 0 Å². The van der Waals surface area contributed by atoms with Crippen LogP contribution in [0.15, 0.2) is 42.5 Å². The maximum absolute atomic E-state index is 12.4. The van der Waals surface area contributed by atoms with E-state index in [1.807, 2.05) is 13.0 Å².